The van der Waals surface area contributed by atoms with Crippen molar-refractivity contribution in [3.05, 3.63) is 34.9 Å². The van der Waals surface area contributed by atoms with Gasteiger partial charge in [-0.25, -0.2) is 0 Å². The first-order valence-corrected chi connectivity index (χ1v) is 9.42. The van der Waals surface area contributed by atoms with Crippen molar-refractivity contribution < 1.29 is 9.59 Å². The third kappa shape index (κ3) is 5.44. The highest BCUT2D eigenvalue weighted by atomic mass is 35.5. The van der Waals surface area contributed by atoms with E-state index in [4.69, 9.17) is 11.6 Å². The van der Waals surface area contributed by atoms with Crippen LogP contribution in [0.25, 0.3) is 0 Å². The minimum atomic E-state index is -0.313. The van der Waals surface area contributed by atoms with E-state index in [-0.39, 0.29) is 24.3 Å². The monoisotopic (exact) mass is 363 g/mol. The van der Waals surface area contributed by atoms with Crippen LogP contribution in [0.1, 0.15) is 37.8 Å². The van der Waals surface area contributed by atoms with Crippen LogP contribution in [0, 0.1) is 5.92 Å². The Morgan fingerprint density at radius 2 is 1.80 bits per heavy atom. The average Bonchev–Trinajstić information content (AvgIpc) is 3.39. The zero-order chi connectivity index (χ0) is 17.8. The highest BCUT2D eigenvalue weighted by molar-refractivity contribution is 6.30. The standard InChI is InChI=1S/C19H26ClN3O2/c1-14(24)21-18(16-4-6-17(20)7-5-16)12-19(25)23-10-8-22(9-11-23)13-15-2-3-15/h4-7,15,18H,2-3,8-13H2,1H3,(H,21,24). The van der Waals surface area contributed by atoms with Crippen LogP contribution >= 0.6 is 11.6 Å². The SMILES string of the molecule is CC(=O)NC(CC(=O)N1CCN(CC2CC2)CC1)c1ccc(Cl)cc1. The number of carbonyl (C=O) groups is 2. The Hall–Kier alpha value is -1.59. The van der Waals surface area contributed by atoms with E-state index in [2.05, 4.69) is 10.2 Å². The third-order valence-corrected chi connectivity index (χ3v) is 5.22. The number of nitrogens with zero attached hydrogens (tertiary/aromatic N) is 2. The molecule has 1 heterocycles. The number of rotatable bonds is 6. The van der Waals surface area contributed by atoms with Crippen molar-refractivity contribution in [3.8, 4) is 0 Å². The van der Waals surface area contributed by atoms with Gasteiger partial charge in [0.1, 0.15) is 0 Å². The molecule has 1 aromatic rings. The Labute approximate surface area is 154 Å². The second kappa shape index (κ2) is 8.19. The maximum atomic E-state index is 12.7. The smallest absolute Gasteiger partial charge is 0.225 e. The summed E-state index contributed by atoms with van der Waals surface area (Å²) in [5, 5.41) is 3.53. The molecule has 0 radical (unpaired) electrons. The first-order valence-electron chi connectivity index (χ1n) is 9.04. The van der Waals surface area contributed by atoms with Crippen LogP contribution in [-0.2, 0) is 9.59 Å². The predicted octanol–water partition coefficient (Wildman–Crippen LogP) is 2.46. The zero-order valence-corrected chi connectivity index (χ0v) is 15.5. The fraction of sp³-hybridized carbons (Fsp3) is 0.579. The number of halogens is 1. The van der Waals surface area contributed by atoms with Gasteiger partial charge >= 0.3 is 0 Å². The molecule has 1 atom stereocenters. The number of hydrogen-bond donors (Lipinski definition) is 1. The molecule has 2 aliphatic rings. The first kappa shape index (κ1) is 18.2. The van der Waals surface area contributed by atoms with E-state index in [0.29, 0.717) is 5.02 Å². The summed E-state index contributed by atoms with van der Waals surface area (Å²) in [6, 6.07) is 6.99. The Bertz CT molecular complexity index is 608. The summed E-state index contributed by atoms with van der Waals surface area (Å²) in [4.78, 5) is 28.6. The lowest BCUT2D eigenvalue weighted by molar-refractivity contribution is -0.133. The molecule has 1 saturated carbocycles. The normalized spacial score (nSPS) is 19.5. The van der Waals surface area contributed by atoms with Gasteiger partial charge in [-0.3, -0.25) is 14.5 Å². The van der Waals surface area contributed by atoms with Gasteiger partial charge in [-0.1, -0.05) is 23.7 Å². The van der Waals surface area contributed by atoms with Crippen molar-refractivity contribution in [2.75, 3.05) is 32.7 Å². The lowest BCUT2D eigenvalue weighted by atomic mass is 10.0. The van der Waals surface area contributed by atoms with Gasteiger partial charge in [0, 0.05) is 44.7 Å². The molecule has 1 aromatic carbocycles. The Balaban J connectivity index is 1.56. The number of carbonyl (C=O) groups excluding carboxylic acids is 2. The van der Waals surface area contributed by atoms with Crippen LogP contribution in [0.2, 0.25) is 5.02 Å². The van der Waals surface area contributed by atoms with Gasteiger partial charge in [0.15, 0.2) is 0 Å². The van der Waals surface area contributed by atoms with Crippen LogP contribution in [0.5, 0.6) is 0 Å². The van der Waals surface area contributed by atoms with Crippen molar-refractivity contribution in [2.24, 2.45) is 5.92 Å². The van der Waals surface area contributed by atoms with Crippen molar-refractivity contribution >= 4 is 23.4 Å². The molecule has 2 amide bonds. The summed E-state index contributed by atoms with van der Waals surface area (Å²) in [5.41, 5.74) is 0.903. The minimum absolute atomic E-state index is 0.0970. The van der Waals surface area contributed by atoms with E-state index >= 15 is 0 Å². The van der Waals surface area contributed by atoms with Crippen molar-refractivity contribution in [3.63, 3.8) is 0 Å². The number of hydrogen-bond acceptors (Lipinski definition) is 3. The Morgan fingerprint density at radius 3 is 2.36 bits per heavy atom. The Morgan fingerprint density at radius 1 is 1.16 bits per heavy atom. The van der Waals surface area contributed by atoms with Crippen molar-refractivity contribution in [1.82, 2.24) is 15.1 Å². The van der Waals surface area contributed by atoms with E-state index < -0.39 is 0 Å². The fourth-order valence-electron chi connectivity index (χ4n) is 3.34. The molecule has 5 nitrogen and oxygen atoms in total. The average molecular weight is 364 g/mol. The lowest BCUT2D eigenvalue weighted by Gasteiger charge is -2.35. The second-order valence-electron chi connectivity index (χ2n) is 7.13. The molecule has 2 fully saturated rings. The quantitative estimate of drug-likeness (QED) is 0.844. The zero-order valence-electron chi connectivity index (χ0n) is 14.7. The van der Waals surface area contributed by atoms with Crippen LogP contribution < -0.4 is 5.32 Å². The molecule has 3 rings (SSSR count). The molecular weight excluding hydrogens is 338 g/mol. The van der Waals surface area contributed by atoms with Crippen LogP contribution in [0.15, 0.2) is 24.3 Å². The van der Waals surface area contributed by atoms with Crippen LogP contribution in [-0.4, -0.2) is 54.3 Å². The van der Waals surface area contributed by atoms with E-state index in [1.54, 1.807) is 12.1 Å². The van der Waals surface area contributed by atoms with Crippen molar-refractivity contribution in [2.45, 2.75) is 32.2 Å². The first-order chi connectivity index (χ1) is 12.0. The number of amides is 2. The predicted molar refractivity (Wildman–Crippen MR) is 98.4 cm³/mol. The maximum Gasteiger partial charge on any atom is 0.225 e. The molecule has 1 unspecified atom stereocenters. The molecule has 6 heteroatoms. The van der Waals surface area contributed by atoms with Gasteiger partial charge < -0.3 is 10.2 Å². The molecule has 0 bridgehead atoms. The van der Waals surface area contributed by atoms with E-state index in [1.165, 1.54) is 26.3 Å². The number of nitrogens with one attached hydrogen (secondary N) is 1. The summed E-state index contributed by atoms with van der Waals surface area (Å²) in [6.07, 6.45) is 3.00. The summed E-state index contributed by atoms with van der Waals surface area (Å²) in [5.74, 6) is 0.845. The molecular formula is C19H26ClN3O2. The number of piperazine rings is 1. The summed E-state index contributed by atoms with van der Waals surface area (Å²) >= 11 is 5.94. The minimum Gasteiger partial charge on any atom is -0.349 e. The number of benzene rings is 1. The molecule has 0 aromatic heterocycles. The van der Waals surface area contributed by atoms with Gasteiger partial charge in [0.25, 0.3) is 0 Å². The topological polar surface area (TPSA) is 52.7 Å². The van der Waals surface area contributed by atoms with Gasteiger partial charge in [-0.2, -0.15) is 0 Å². The molecule has 25 heavy (non-hydrogen) atoms. The highest BCUT2D eigenvalue weighted by Crippen LogP contribution is 2.30. The summed E-state index contributed by atoms with van der Waals surface area (Å²) < 4.78 is 0. The fourth-order valence-corrected chi connectivity index (χ4v) is 3.47. The van der Waals surface area contributed by atoms with Gasteiger partial charge in [-0.15, -0.1) is 0 Å². The molecule has 1 aliphatic heterocycles. The molecule has 1 N–H and O–H groups in total. The molecule has 1 aliphatic carbocycles. The van der Waals surface area contributed by atoms with Gasteiger partial charge in [0.05, 0.1) is 12.5 Å². The van der Waals surface area contributed by atoms with Crippen LogP contribution in [0.3, 0.4) is 0 Å². The largest absolute Gasteiger partial charge is 0.349 e. The van der Waals surface area contributed by atoms with Crippen LogP contribution in [0.4, 0.5) is 0 Å². The summed E-state index contributed by atoms with van der Waals surface area (Å²) in [7, 11) is 0. The molecule has 136 valence electrons. The van der Waals surface area contributed by atoms with Gasteiger partial charge in [-0.05, 0) is 36.5 Å². The van der Waals surface area contributed by atoms with E-state index in [0.717, 1.165) is 37.7 Å². The molecule has 0 spiro atoms. The van der Waals surface area contributed by atoms with E-state index in [1.807, 2.05) is 17.0 Å². The molecule has 1 saturated heterocycles. The summed E-state index contributed by atoms with van der Waals surface area (Å²) in [6.45, 7) is 6.12. The third-order valence-electron chi connectivity index (χ3n) is 4.97. The maximum absolute atomic E-state index is 12.7. The Kier molecular flexibility index (Phi) is 5.97. The van der Waals surface area contributed by atoms with Crippen molar-refractivity contribution in [1.29, 1.82) is 0 Å². The highest BCUT2D eigenvalue weighted by Gasteiger charge is 2.28. The van der Waals surface area contributed by atoms with Gasteiger partial charge in [0.2, 0.25) is 11.8 Å². The second-order valence-corrected chi connectivity index (χ2v) is 7.57. The lowest BCUT2D eigenvalue weighted by Crippen LogP contribution is -2.49. The van der Waals surface area contributed by atoms with E-state index in [9.17, 15) is 9.59 Å².